The Balaban J connectivity index is 1.87. The lowest BCUT2D eigenvalue weighted by Gasteiger charge is -2.24. The van der Waals surface area contributed by atoms with Crippen molar-refractivity contribution in [1.82, 2.24) is 20.4 Å². The number of hydrogen-bond donors (Lipinski definition) is 2. The first-order valence-corrected chi connectivity index (χ1v) is 8.26. The molecule has 1 atom stereocenters. The number of aromatic nitrogens is 2. The molecule has 2 heterocycles. The van der Waals surface area contributed by atoms with E-state index in [2.05, 4.69) is 31.4 Å². The minimum Gasteiger partial charge on any atom is -0.333 e. The van der Waals surface area contributed by atoms with Gasteiger partial charge in [-0.2, -0.15) is 5.10 Å². The molecule has 0 saturated carbocycles. The number of hydrogen-bond acceptors (Lipinski definition) is 3. The Morgan fingerprint density at radius 2 is 2.23 bits per heavy atom. The van der Waals surface area contributed by atoms with E-state index >= 15 is 0 Å². The number of benzene rings is 1. The SMILES string of the molecule is CNCC1CCCN1C(=O)c1[nH]nc(-c2ccccc2)c1Br. The molecule has 2 N–H and O–H groups in total. The van der Waals surface area contributed by atoms with Gasteiger partial charge in [-0.15, -0.1) is 0 Å². The van der Waals surface area contributed by atoms with Crippen molar-refractivity contribution in [2.75, 3.05) is 20.1 Å². The first-order chi connectivity index (χ1) is 10.7. The van der Waals surface area contributed by atoms with Gasteiger partial charge in [0.15, 0.2) is 0 Å². The van der Waals surface area contributed by atoms with E-state index < -0.39 is 0 Å². The summed E-state index contributed by atoms with van der Waals surface area (Å²) < 4.78 is 0.735. The van der Waals surface area contributed by atoms with Crippen LogP contribution in [0, 0.1) is 0 Å². The second-order valence-electron chi connectivity index (χ2n) is 5.48. The zero-order valence-corrected chi connectivity index (χ0v) is 14.1. The van der Waals surface area contributed by atoms with Crippen molar-refractivity contribution in [3.63, 3.8) is 0 Å². The molecular formula is C16H19BrN4O. The number of likely N-dealkylation sites (tertiary alicyclic amines) is 1. The van der Waals surface area contributed by atoms with Gasteiger partial charge in [0.05, 0.1) is 4.47 Å². The van der Waals surface area contributed by atoms with Crippen molar-refractivity contribution in [3.05, 3.63) is 40.5 Å². The highest BCUT2D eigenvalue weighted by Crippen LogP contribution is 2.30. The average Bonchev–Trinajstić information content (AvgIpc) is 3.15. The topological polar surface area (TPSA) is 61.0 Å². The molecule has 0 aliphatic carbocycles. The van der Waals surface area contributed by atoms with Crippen LogP contribution in [0.2, 0.25) is 0 Å². The Morgan fingerprint density at radius 1 is 1.45 bits per heavy atom. The third kappa shape index (κ3) is 2.80. The lowest BCUT2D eigenvalue weighted by atomic mass is 10.1. The molecule has 2 aromatic rings. The molecule has 1 amide bonds. The van der Waals surface area contributed by atoms with Crippen molar-refractivity contribution in [3.8, 4) is 11.3 Å². The standard InChI is InChI=1S/C16H19BrN4O/c1-18-10-12-8-5-9-21(12)16(22)15-13(17)14(19-20-15)11-6-3-2-4-7-11/h2-4,6-7,12,18H,5,8-10H2,1H3,(H,19,20). The maximum absolute atomic E-state index is 12.8. The average molecular weight is 363 g/mol. The Morgan fingerprint density at radius 3 is 2.95 bits per heavy atom. The van der Waals surface area contributed by atoms with E-state index in [9.17, 15) is 4.79 Å². The molecule has 1 aromatic carbocycles. The van der Waals surface area contributed by atoms with Crippen LogP contribution < -0.4 is 5.32 Å². The van der Waals surface area contributed by atoms with Crippen molar-refractivity contribution in [2.45, 2.75) is 18.9 Å². The van der Waals surface area contributed by atoms with Crippen LogP contribution in [0.25, 0.3) is 11.3 Å². The number of nitrogens with one attached hydrogen (secondary N) is 2. The van der Waals surface area contributed by atoms with Crippen LogP contribution in [0.1, 0.15) is 23.3 Å². The first-order valence-electron chi connectivity index (χ1n) is 7.47. The normalized spacial score (nSPS) is 17.9. The molecule has 6 heteroatoms. The highest BCUT2D eigenvalue weighted by atomic mass is 79.9. The van der Waals surface area contributed by atoms with Gasteiger partial charge in [-0.1, -0.05) is 30.3 Å². The van der Waals surface area contributed by atoms with Crippen LogP contribution in [-0.2, 0) is 0 Å². The molecule has 1 unspecified atom stereocenters. The fourth-order valence-electron chi connectivity index (χ4n) is 2.95. The molecule has 5 nitrogen and oxygen atoms in total. The van der Waals surface area contributed by atoms with Crippen LogP contribution >= 0.6 is 15.9 Å². The number of H-pyrrole nitrogens is 1. The lowest BCUT2D eigenvalue weighted by molar-refractivity contribution is 0.0730. The first kappa shape index (κ1) is 15.2. The Hall–Kier alpha value is -1.66. The van der Waals surface area contributed by atoms with E-state index in [-0.39, 0.29) is 11.9 Å². The fraction of sp³-hybridized carbons (Fsp3) is 0.375. The van der Waals surface area contributed by atoms with Crippen molar-refractivity contribution >= 4 is 21.8 Å². The van der Waals surface area contributed by atoms with Gasteiger partial charge < -0.3 is 10.2 Å². The van der Waals surface area contributed by atoms with Gasteiger partial charge in [-0.3, -0.25) is 9.89 Å². The number of amides is 1. The number of nitrogens with zero attached hydrogens (tertiary/aromatic N) is 2. The summed E-state index contributed by atoms with van der Waals surface area (Å²) in [7, 11) is 1.92. The largest absolute Gasteiger partial charge is 0.333 e. The zero-order chi connectivity index (χ0) is 15.5. The molecular weight excluding hydrogens is 344 g/mol. The van der Waals surface area contributed by atoms with Crippen LogP contribution in [-0.4, -0.2) is 47.2 Å². The van der Waals surface area contributed by atoms with E-state index in [0.717, 1.165) is 41.7 Å². The summed E-state index contributed by atoms with van der Waals surface area (Å²) in [5.41, 5.74) is 2.29. The van der Waals surface area contributed by atoms with Gasteiger partial charge >= 0.3 is 0 Å². The number of aromatic amines is 1. The highest BCUT2D eigenvalue weighted by Gasteiger charge is 2.31. The third-order valence-electron chi connectivity index (χ3n) is 4.05. The smallest absolute Gasteiger partial charge is 0.273 e. The fourth-order valence-corrected chi connectivity index (χ4v) is 3.53. The predicted molar refractivity (Wildman–Crippen MR) is 89.7 cm³/mol. The van der Waals surface area contributed by atoms with E-state index in [1.807, 2.05) is 42.3 Å². The number of carbonyl (C=O) groups is 1. The molecule has 0 bridgehead atoms. The van der Waals surface area contributed by atoms with Crippen LogP contribution in [0.15, 0.2) is 34.8 Å². The maximum Gasteiger partial charge on any atom is 0.273 e. The van der Waals surface area contributed by atoms with Crippen LogP contribution in [0.5, 0.6) is 0 Å². The van der Waals surface area contributed by atoms with Crippen molar-refractivity contribution in [2.24, 2.45) is 0 Å². The van der Waals surface area contributed by atoms with E-state index in [1.54, 1.807) is 0 Å². The van der Waals surface area contributed by atoms with E-state index in [4.69, 9.17) is 0 Å². The summed E-state index contributed by atoms with van der Waals surface area (Å²) in [5.74, 6) is 0.0132. The zero-order valence-electron chi connectivity index (χ0n) is 12.5. The Labute approximate surface area is 138 Å². The lowest BCUT2D eigenvalue weighted by Crippen LogP contribution is -2.41. The summed E-state index contributed by atoms with van der Waals surface area (Å²) in [6, 6.07) is 10.1. The summed E-state index contributed by atoms with van der Waals surface area (Å²) in [5, 5.41) is 10.4. The Kier molecular flexibility index (Phi) is 4.59. The second kappa shape index (κ2) is 6.62. The van der Waals surface area contributed by atoms with E-state index in [1.165, 1.54) is 0 Å². The molecule has 1 aliphatic rings. The van der Waals surface area contributed by atoms with Crippen LogP contribution in [0.3, 0.4) is 0 Å². The second-order valence-corrected chi connectivity index (χ2v) is 6.27. The van der Waals surface area contributed by atoms with E-state index in [0.29, 0.717) is 5.69 Å². The molecule has 0 radical (unpaired) electrons. The number of likely N-dealkylation sites (N-methyl/N-ethyl adjacent to an activating group) is 1. The molecule has 1 fully saturated rings. The molecule has 1 aliphatic heterocycles. The highest BCUT2D eigenvalue weighted by molar-refractivity contribution is 9.10. The van der Waals surface area contributed by atoms with Gasteiger partial charge in [-0.05, 0) is 35.8 Å². The number of rotatable bonds is 4. The summed E-state index contributed by atoms with van der Waals surface area (Å²) in [4.78, 5) is 14.7. The maximum atomic E-state index is 12.8. The third-order valence-corrected chi connectivity index (χ3v) is 4.82. The van der Waals surface area contributed by atoms with Crippen molar-refractivity contribution < 1.29 is 4.79 Å². The van der Waals surface area contributed by atoms with Gasteiger partial charge in [0.25, 0.3) is 5.91 Å². The molecule has 3 rings (SSSR count). The summed E-state index contributed by atoms with van der Waals surface area (Å²) in [6.45, 7) is 1.63. The van der Waals surface area contributed by atoms with Crippen molar-refractivity contribution in [1.29, 1.82) is 0 Å². The Bertz CT molecular complexity index is 655. The minimum absolute atomic E-state index is 0.0132. The van der Waals surface area contributed by atoms with Gasteiger partial charge in [-0.25, -0.2) is 0 Å². The summed E-state index contributed by atoms with van der Waals surface area (Å²) >= 11 is 3.54. The summed E-state index contributed by atoms with van der Waals surface area (Å²) in [6.07, 6.45) is 2.10. The number of carbonyl (C=O) groups excluding carboxylic acids is 1. The molecule has 1 saturated heterocycles. The molecule has 22 heavy (non-hydrogen) atoms. The van der Waals surface area contributed by atoms with Gasteiger partial charge in [0, 0.05) is 24.7 Å². The molecule has 0 spiro atoms. The monoisotopic (exact) mass is 362 g/mol. The quantitative estimate of drug-likeness (QED) is 0.878. The number of halogens is 1. The van der Waals surface area contributed by atoms with Gasteiger partial charge in [0.1, 0.15) is 11.4 Å². The minimum atomic E-state index is 0.0132. The predicted octanol–water partition coefficient (Wildman–Crippen LogP) is 2.66. The molecule has 1 aromatic heterocycles. The van der Waals surface area contributed by atoms with Gasteiger partial charge in [0.2, 0.25) is 0 Å². The van der Waals surface area contributed by atoms with Crippen LogP contribution in [0.4, 0.5) is 0 Å². The molecule has 116 valence electrons.